The van der Waals surface area contributed by atoms with Crippen LogP contribution < -0.4 is 11.2 Å². The van der Waals surface area contributed by atoms with Gasteiger partial charge in [-0.1, -0.05) is 54.6 Å². The molecule has 0 saturated carbocycles. The van der Waals surface area contributed by atoms with E-state index in [0.29, 0.717) is 10.1 Å². The first-order valence-electron chi connectivity index (χ1n) is 8.94. The Bertz CT molecular complexity index is 1270. The molecule has 0 radical (unpaired) electrons. The van der Waals surface area contributed by atoms with Gasteiger partial charge in [-0.05, 0) is 24.6 Å². The topological polar surface area (TPSA) is 119 Å². The minimum absolute atomic E-state index is 0.113. The van der Waals surface area contributed by atoms with E-state index in [1.54, 1.807) is 48.5 Å². The molecule has 3 rings (SSSR count). The number of rotatable bonds is 5. The lowest BCUT2D eigenvalue weighted by atomic mass is 10.1. The average Bonchev–Trinajstić information content (AvgIpc) is 2.73. The lowest BCUT2D eigenvalue weighted by molar-refractivity contribution is 0.0949. The van der Waals surface area contributed by atoms with Gasteiger partial charge in [-0.15, -0.1) is 0 Å². The molecule has 0 aliphatic heterocycles. The summed E-state index contributed by atoms with van der Waals surface area (Å²) in [6.45, 7) is 1.02. The summed E-state index contributed by atoms with van der Waals surface area (Å²) in [5, 5.41) is -0.220. The molecule has 2 N–H and O–H groups in total. The van der Waals surface area contributed by atoms with Crippen molar-refractivity contribution in [1.82, 2.24) is 9.13 Å². The SMILES string of the molecule is C/C(=C\Cn1cc(-c2ccccc2)c(=O)n(C(=O)c2ccccc2)c1=O)P(=O)(O)O. The van der Waals surface area contributed by atoms with Crippen molar-refractivity contribution in [3.8, 4) is 11.1 Å². The number of aromatic nitrogens is 2. The number of carbonyl (C=O) groups is 1. The fourth-order valence-electron chi connectivity index (χ4n) is 2.79. The van der Waals surface area contributed by atoms with E-state index in [1.807, 2.05) is 0 Å². The number of hydrogen-bond acceptors (Lipinski definition) is 4. The number of carbonyl (C=O) groups excluding carboxylic acids is 1. The molecule has 8 nitrogen and oxygen atoms in total. The maximum absolute atomic E-state index is 13.0. The maximum Gasteiger partial charge on any atom is 0.351 e. The highest BCUT2D eigenvalue weighted by Gasteiger charge is 2.20. The van der Waals surface area contributed by atoms with E-state index in [4.69, 9.17) is 0 Å². The van der Waals surface area contributed by atoms with Gasteiger partial charge in [0.05, 0.1) is 5.56 Å². The summed E-state index contributed by atoms with van der Waals surface area (Å²) in [5.41, 5.74) is -0.894. The van der Waals surface area contributed by atoms with Gasteiger partial charge in [0.1, 0.15) is 0 Å². The van der Waals surface area contributed by atoms with Crippen molar-refractivity contribution >= 4 is 13.5 Å². The van der Waals surface area contributed by atoms with Crippen LogP contribution in [0.4, 0.5) is 0 Å². The average molecular weight is 426 g/mol. The van der Waals surface area contributed by atoms with E-state index in [2.05, 4.69) is 0 Å². The zero-order valence-electron chi connectivity index (χ0n) is 16.0. The molecule has 9 heteroatoms. The Morgan fingerprint density at radius 3 is 2.13 bits per heavy atom. The molecular formula is C21H19N2O6P. The van der Waals surface area contributed by atoms with Gasteiger partial charge < -0.3 is 9.79 Å². The standard InChI is InChI=1S/C21H19N2O6P/c1-15(30(27,28)29)12-13-22-14-18(16-8-4-2-5-9-16)20(25)23(21(22)26)19(24)17-10-6-3-7-11-17/h2-12,14H,13H2,1H3,(H2,27,28,29)/b15-12+. The fraction of sp³-hybridized carbons (Fsp3) is 0.0952. The minimum Gasteiger partial charge on any atom is -0.321 e. The van der Waals surface area contributed by atoms with Crippen LogP contribution in [-0.4, -0.2) is 24.8 Å². The highest BCUT2D eigenvalue weighted by molar-refractivity contribution is 7.56. The summed E-state index contributed by atoms with van der Waals surface area (Å²) in [5.74, 6) is -0.784. The zero-order valence-corrected chi connectivity index (χ0v) is 16.9. The van der Waals surface area contributed by atoms with E-state index in [0.717, 1.165) is 4.57 Å². The van der Waals surface area contributed by atoms with Crippen LogP contribution in [0.25, 0.3) is 11.1 Å². The molecule has 154 valence electrons. The van der Waals surface area contributed by atoms with Crippen LogP contribution in [0.3, 0.4) is 0 Å². The van der Waals surface area contributed by atoms with Crippen molar-refractivity contribution in [3.05, 3.63) is 105 Å². The molecule has 0 unspecified atom stereocenters. The Balaban J connectivity index is 2.23. The first kappa shape index (κ1) is 21.4. The van der Waals surface area contributed by atoms with Crippen molar-refractivity contribution in [1.29, 1.82) is 0 Å². The molecule has 3 aromatic rings. The van der Waals surface area contributed by atoms with Crippen molar-refractivity contribution in [2.45, 2.75) is 13.5 Å². The highest BCUT2D eigenvalue weighted by atomic mass is 31.2. The Hall–Kier alpha value is -3.32. The quantitative estimate of drug-likeness (QED) is 0.605. The molecule has 0 aliphatic rings. The summed E-state index contributed by atoms with van der Waals surface area (Å²) in [7, 11) is -4.46. The maximum atomic E-state index is 13.0. The molecular weight excluding hydrogens is 407 g/mol. The van der Waals surface area contributed by atoms with Gasteiger partial charge in [-0.2, -0.15) is 4.57 Å². The number of benzene rings is 2. The van der Waals surface area contributed by atoms with Gasteiger partial charge >= 0.3 is 13.3 Å². The molecule has 0 saturated heterocycles. The van der Waals surface area contributed by atoms with Gasteiger partial charge in [-0.3, -0.25) is 18.7 Å². The molecule has 1 aromatic heterocycles. The van der Waals surface area contributed by atoms with Gasteiger partial charge in [0.2, 0.25) is 0 Å². The Labute approximate surface area is 171 Å². The van der Waals surface area contributed by atoms with Crippen LogP contribution in [-0.2, 0) is 11.1 Å². The van der Waals surface area contributed by atoms with E-state index in [9.17, 15) is 28.7 Å². The third-order valence-corrected chi connectivity index (χ3v) is 5.61. The fourth-order valence-corrected chi connectivity index (χ4v) is 3.11. The first-order valence-corrected chi connectivity index (χ1v) is 10.6. The summed E-state index contributed by atoms with van der Waals surface area (Å²) >= 11 is 0. The van der Waals surface area contributed by atoms with E-state index in [1.165, 1.54) is 31.3 Å². The predicted octanol–water partition coefficient (Wildman–Crippen LogP) is 2.45. The molecule has 0 bridgehead atoms. The lowest BCUT2D eigenvalue weighted by Crippen LogP contribution is -2.44. The third-order valence-electron chi connectivity index (χ3n) is 4.51. The molecule has 0 atom stereocenters. The molecule has 1 heterocycles. The lowest BCUT2D eigenvalue weighted by Gasteiger charge is -2.12. The molecule has 0 amide bonds. The molecule has 0 fully saturated rings. The van der Waals surface area contributed by atoms with Crippen molar-refractivity contribution in [2.24, 2.45) is 0 Å². The van der Waals surface area contributed by atoms with Crippen LogP contribution in [0.5, 0.6) is 0 Å². The molecule has 0 spiro atoms. The van der Waals surface area contributed by atoms with Crippen molar-refractivity contribution in [3.63, 3.8) is 0 Å². The predicted molar refractivity (Wildman–Crippen MR) is 112 cm³/mol. The van der Waals surface area contributed by atoms with E-state index < -0.39 is 24.8 Å². The normalized spacial score (nSPS) is 12.0. The van der Waals surface area contributed by atoms with Gasteiger partial charge in [0, 0.05) is 23.6 Å². The zero-order chi connectivity index (χ0) is 21.9. The second-order valence-electron chi connectivity index (χ2n) is 6.55. The van der Waals surface area contributed by atoms with Crippen LogP contribution in [0.15, 0.2) is 87.8 Å². The summed E-state index contributed by atoms with van der Waals surface area (Å²) < 4.78 is 13.0. The molecule has 0 aliphatic carbocycles. The Kier molecular flexibility index (Phi) is 6.12. The van der Waals surface area contributed by atoms with Gasteiger partial charge in [0.15, 0.2) is 0 Å². The van der Waals surface area contributed by atoms with Crippen molar-refractivity contribution in [2.75, 3.05) is 0 Å². The summed E-state index contributed by atoms with van der Waals surface area (Å²) in [4.78, 5) is 57.4. The van der Waals surface area contributed by atoms with Gasteiger partial charge in [0.25, 0.3) is 11.5 Å². The monoisotopic (exact) mass is 426 g/mol. The largest absolute Gasteiger partial charge is 0.351 e. The molecule has 30 heavy (non-hydrogen) atoms. The number of allylic oxidation sites excluding steroid dienone is 2. The Morgan fingerprint density at radius 1 is 1.00 bits per heavy atom. The van der Waals surface area contributed by atoms with E-state index >= 15 is 0 Å². The van der Waals surface area contributed by atoms with Crippen molar-refractivity contribution < 1.29 is 19.1 Å². The van der Waals surface area contributed by atoms with Crippen LogP contribution >= 0.6 is 7.60 Å². The number of nitrogens with zero attached hydrogens (tertiary/aromatic N) is 2. The Morgan fingerprint density at radius 2 is 1.57 bits per heavy atom. The second kappa shape index (κ2) is 8.59. The van der Waals surface area contributed by atoms with Crippen LogP contribution in [0, 0.1) is 0 Å². The minimum atomic E-state index is -4.46. The highest BCUT2D eigenvalue weighted by Crippen LogP contribution is 2.44. The van der Waals surface area contributed by atoms with Gasteiger partial charge in [-0.25, -0.2) is 4.79 Å². The third kappa shape index (κ3) is 4.46. The molecule has 2 aromatic carbocycles. The van der Waals surface area contributed by atoms with Crippen LogP contribution in [0.2, 0.25) is 0 Å². The summed E-state index contributed by atoms with van der Waals surface area (Å²) in [6, 6.07) is 16.4. The summed E-state index contributed by atoms with van der Waals surface area (Å²) in [6.07, 6.45) is 2.48. The second-order valence-corrected chi connectivity index (χ2v) is 8.34. The van der Waals surface area contributed by atoms with Crippen LogP contribution in [0.1, 0.15) is 17.3 Å². The smallest absolute Gasteiger partial charge is 0.321 e. The van der Waals surface area contributed by atoms with E-state index in [-0.39, 0.29) is 23.0 Å². The first-order chi connectivity index (χ1) is 14.2. The number of hydrogen-bond donors (Lipinski definition) is 2.